The second-order valence-corrected chi connectivity index (χ2v) is 6.20. The highest BCUT2D eigenvalue weighted by molar-refractivity contribution is 5.35. The molecule has 5 nitrogen and oxygen atoms in total. The zero-order chi connectivity index (χ0) is 13.6. The summed E-state index contributed by atoms with van der Waals surface area (Å²) in [5, 5.41) is 3.30. The number of nitrogens with one attached hydrogen (secondary N) is 1. The van der Waals surface area contributed by atoms with Gasteiger partial charge in [-0.25, -0.2) is 4.98 Å². The first-order chi connectivity index (χ1) is 9.04. The first kappa shape index (κ1) is 12.7. The van der Waals surface area contributed by atoms with Crippen LogP contribution in [-0.2, 0) is 4.74 Å². The van der Waals surface area contributed by atoms with E-state index in [0.29, 0.717) is 11.9 Å². The minimum absolute atomic E-state index is 0.00154. The Labute approximate surface area is 113 Å². The van der Waals surface area contributed by atoms with Crippen molar-refractivity contribution in [2.75, 3.05) is 12.4 Å². The van der Waals surface area contributed by atoms with E-state index < -0.39 is 0 Å². The largest absolute Gasteiger partial charge is 0.381 e. The Balaban J connectivity index is 1.78. The van der Waals surface area contributed by atoms with E-state index >= 15 is 0 Å². The lowest BCUT2D eigenvalue weighted by Crippen LogP contribution is -2.58. The van der Waals surface area contributed by atoms with Crippen LogP contribution in [0.25, 0.3) is 0 Å². The molecule has 2 aliphatic carbocycles. The number of rotatable bonds is 4. The van der Waals surface area contributed by atoms with Gasteiger partial charge in [-0.1, -0.05) is 13.8 Å². The van der Waals surface area contributed by atoms with Gasteiger partial charge in [0.2, 0.25) is 0 Å². The second-order valence-electron chi connectivity index (χ2n) is 6.20. The zero-order valence-corrected chi connectivity index (χ0v) is 11.7. The first-order valence-electron chi connectivity index (χ1n) is 6.90. The van der Waals surface area contributed by atoms with Crippen LogP contribution in [-0.4, -0.2) is 28.8 Å². The highest BCUT2D eigenvalue weighted by Crippen LogP contribution is 2.43. The average molecular weight is 263 g/mol. The fourth-order valence-corrected chi connectivity index (χ4v) is 2.86. The van der Waals surface area contributed by atoms with Gasteiger partial charge >= 0.3 is 0 Å². The maximum absolute atomic E-state index is 12.3. The molecule has 0 radical (unpaired) electrons. The SMILES string of the molecule is COC1CC(Nc2nccn(C3CC3)c2=O)C1(C)C. The first-order valence-corrected chi connectivity index (χ1v) is 6.90. The van der Waals surface area contributed by atoms with Crippen molar-refractivity contribution < 1.29 is 4.74 Å². The molecule has 0 aromatic carbocycles. The smallest absolute Gasteiger partial charge is 0.293 e. The van der Waals surface area contributed by atoms with Crippen molar-refractivity contribution in [2.45, 2.75) is 51.3 Å². The third-order valence-electron chi connectivity index (χ3n) is 4.58. The summed E-state index contributed by atoms with van der Waals surface area (Å²) in [5.41, 5.74) is 0.0324. The predicted molar refractivity (Wildman–Crippen MR) is 73.4 cm³/mol. The molecule has 3 rings (SSSR count). The van der Waals surface area contributed by atoms with E-state index in [-0.39, 0.29) is 23.1 Å². The summed E-state index contributed by atoms with van der Waals surface area (Å²) in [6.45, 7) is 4.31. The molecule has 1 aromatic heterocycles. The van der Waals surface area contributed by atoms with Crippen molar-refractivity contribution in [2.24, 2.45) is 5.41 Å². The monoisotopic (exact) mass is 263 g/mol. The molecule has 5 heteroatoms. The van der Waals surface area contributed by atoms with Crippen LogP contribution in [0.3, 0.4) is 0 Å². The van der Waals surface area contributed by atoms with E-state index in [1.807, 2.05) is 0 Å². The highest BCUT2D eigenvalue weighted by Gasteiger charge is 2.49. The van der Waals surface area contributed by atoms with Gasteiger partial charge in [-0.2, -0.15) is 0 Å². The quantitative estimate of drug-likeness (QED) is 0.900. The van der Waals surface area contributed by atoms with Crippen molar-refractivity contribution in [3.8, 4) is 0 Å². The second kappa shape index (κ2) is 4.34. The van der Waals surface area contributed by atoms with E-state index in [1.54, 1.807) is 24.1 Å². The van der Waals surface area contributed by atoms with Crippen molar-refractivity contribution in [1.82, 2.24) is 9.55 Å². The number of hydrogen-bond donors (Lipinski definition) is 1. The summed E-state index contributed by atoms with van der Waals surface area (Å²) < 4.78 is 7.23. The van der Waals surface area contributed by atoms with Crippen molar-refractivity contribution >= 4 is 5.82 Å². The summed E-state index contributed by atoms with van der Waals surface area (Å²) in [6.07, 6.45) is 6.87. The molecule has 2 fully saturated rings. The Morgan fingerprint density at radius 1 is 1.47 bits per heavy atom. The topological polar surface area (TPSA) is 56.1 Å². The van der Waals surface area contributed by atoms with E-state index in [9.17, 15) is 4.79 Å². The predicted octanol–water partition coefficient (Wildman–Crippen LogP) is 1.80. The lowest BCUT2D eigenvalue weighted by atomic mass is 9.64. The summed E-state index contributed by atoms with van der Waals surface area (Å²) in [5.74, 6) is 0.474. The van der Waals surface area contributed by atoms with Crippen molar-refractivity contribution in [1.29, 1.82) is 0 Å². The normalized spacial score (nSPS) is 28.8. The number of methoxy groups -OCH3 is 1. The Hall–Kier alpha value is -1.36. The summed E-state index contributed by atoms with van der Waals surface area (Å²) in [6, 6.07) is 0.630. The van der Waals surface area contributed by atoms with Gasteiger partial charge < -0.3 is 14.6 Å². The molecule has 104 valence electrons. The molecular weight excluding hydrogens is 242 g/mol. The van der Waals surface area contributed by atoms with Crippen LogP contribution < -0.4 is 10.9 Å². The molecule has 0 aliphatic heterocycles. The maximum Gasteiger partial charge on any atom is 0.293 e. The van der Waals surface area contributed by atoms with Gasteiger partial charge in [-0.15, -0.1) is 0 Å². The average Bonchev–Trinajstić information content (AvgIpc) is 3.20. The van der Waals surface area contributed by atoms with E-state index in [1.165, 1.54) is 0 Å². The van der Waals surface area contributed by atoms with E-state index in [4.69, 9.17) is 4.74 Å². The lowest BCUT2D eigenvalue weighted by molar-refractivity contribution is -0.0796. The molecule has 1 N–H and O–H groups in total. The van der Waals surface area contributed by atoms with Crippen LogP contribution in [0.1, 0.15) is 39.2 Å². The number of ether oxygens (including phenoxy) is 1. The molecule has 0 spiro atoms. The Kier molecular flexibility index (Phi) is 2.89. The molecule has 2 unspecified atom stereocenters. The molecule has 1 heterocycles. The molecule has 1 aromatic rings. The fourth-order valence-electron chi connectivity index (χ4n) is 2.86. The summed E-state index contributed by atoms with van der Waals surface area (Å²) in [4.78, 5) is 16.5. The van der Waals surface area contributed by atoms with Gasteiger partial charge in [0.25, 0.3) is 5.56 Å². The number of hydrogen-bond acceptors (Lipinski definition) is 4. The van der Waals surface area contributed by atoms with Crippen molar-refractivity contribution in [3.05, 3.63) is 22.7 Å². The minimum Gasteiger partial charge on any atom is -0.381 e. The van der Waals surface area contributed by atoms with Crippen LogP contribution in [0.4, 0.5) is 5.82 Å². The number of anilines is 1. The molecule has 0 saturated heterocycles. The molecular formula is C14H21N3O2. The fraction of sp³-hybridized carbons (Fsp3) is 0.714. The van der Waals surface area contributed by atoms with Crippen molar-refractivity contribution in [3.63, 3.8) is 0 Å². The molecule has 0 bridgehead atoms. The van der Waals surface area contributed by atoms with Gasteiger partial charge in [0.05, 0.1) is 6.10 Å². The number of nitrogens with zero attached hydrogens (tertiary/aromatic N) is 2. The van der Waals surface area contributed by atoms with Crippen LogP contribution in [0.5, 0.6) is 0 Å². The standard InChI is InChI=1S/C14H21N3O2/c1-14(2)10(8-11(14)19-3)16-12-13(18)17(7-6-15-12)9-4-5-9/h6-7,9-11H,4-5,8H2,1-3H3,(H,15,16). The van der Waals surface area contributed by atoms with Gasteiger partial charge in [0.15, 0.2) is 5.82 Å². The summed E-state index contributed by atoms with van der Waals surface area (Å²) >= 11 is 0. The van der Waals surface area contributed by atoms with Gasteiger partial charge in [-0.05, 0) is 19.3 Å². The zero-order valence-electron chi connectivity index (χ0n) is 11.7. The molecule has 0 amide bonds. The molecule has 2 aliphatic rings. The summed E-state index contributed by atoms with van der Waals surface area (Å²) in [7, 11) is 1.74. The number of aromatic nitrogens is 2. The van der Waals surface area contributed by atoms with Crippen LogP contribution >= 0.6 is 0 Å². The van der Waals surface area contributed by atoms with Crippen LogP contribution in [0.15, 0.2) is 17.2 Å². The van der Waals surface area contributed by atoms with Gasteiger partial charge in [0, 0.05) is 37.0 Å². The van der Waals surface area contributed by atoms with Gasteiger partial charge in [0.1, 0.15) is 0 Å². The van der Waals surface area contributed by atoms with Crippen LogP contribution in [0, 0.1) is 5.41 Å². The Morgan fingerprint density at radius 3 is 2.79 bits per heavy atom. The highest BCUT2D eigenvalue weighted by atomic mass is 16.5. The van der Waals surface area contributed by atoms with E-state index in [0.717, 1.165) is 19.3 Å². The third kappa shape index (κ3) is 2.06. The molecule has 2 saturated carbocycles. The Morgan fingerprint density at radius 2 is 2.21 bits per heavy atom. The minimum atomic E-state index is 0.00154. The molecule has 19 heavy (non-hydrogen) atoms. The Bertz CT molecular complexity index is 534. The van der Waals surface area contributed by atoms with E-state index in [2.05, 4.69) is 24.1 Å². The van der Waals surface area contributed by atoms with Crippen LogP contribution in [0.2, 0.25) is 0 Å². The third-order valence-corrected chi connectivity index (χ3v) is 4.58. The maximum atomic E-state index is 12.3. The lowest BCUT2D eigenvalue weighted by Gasteiger charge is -2.51. The molecule has 2 atom stereocenters. The van der Waals surface area contributed by atoms with Gasteiger partial charge in [-0.3, -0.25) is 4.79 Å².